The lowest BCUT2D eigenvalue weighted by Gasteiger charge is -2.24. The Morgan fingerprint density at radius 3 is 2.06 bits per heavy atom. The molecule has 35 heavy (non-hydrogen) atoms. The summed E-state index contributed by atoms with van der Waals surface area (Å²) < 4.78 is 0. The van der Waals surface area contributed by atoms with Crippen LogP contribution in [-0.4, -0.2) is 79.5 Å². The molecule has 0 fully saturated rings. The van der Waals surface area contributed by atoms with Crippen LogP contribution in [0.2, 0.25) is 0 Å². The van der Waals surface area contributed by atoms with E-state index in [1.165, 1.54) is 36.8 Å². The summed E-state index contributed by atoms with van der Waals surface area (Å²) >= 11 is 8.08. The number of thiol groups is 2. The highest BCUT2D eigenvalue weighted by molar-refractivity contribution is 7.80. The van der Waals surface area contributed by atoms with Crippen molar-refractivity contribution in [2.75, 3.05) is 11.5 Å². The number of hydrogen-bond donors (Lipinski definition) is 9. The number of H-pyrrole nitrogens is 1. The van der Waals surface area contributed by atoms with Crippen molar-refractivity contribution in [3.05, 3.63) is 48.0 Å². The zero-order valence-electron chi connectivity index (χ0n) is 18.5. The summed E-state index contributed by atoms with van der Waals surface area (Å²) in [5, 5.41) is 26.3. The lowest BCUT2D eigenvalue weighted by molar-refractivity contribution is -0.142. The SMILES string of the molecule is NC(CS)C(=O)NC(Cc1cnc[nH]1)C(=O)NC(CS)C(=O)NC(Cc1ccc(O)cc1)C(=O)O. The van der Waals surface area contributed by atoms with Crippen molar-refractivity contribution in [2.24, 2.45) is 5.73 Å². The van der Waals surface area contributed by atoms with E-state index in [9.17, 15) is 29.4 Å². The Balaban J connectivity index is 2.09. The van der Waals surface area contributed by atoms with Crippen LogP contribution in [-0.2, 0) is 32.0 Å². The summed E-state index contributed by atoms with van der Waals surface area (Å²) in [6, 6.07) is 1.35. The number of aliphatic carboxylic acids is 1. The van der Waals surface area contributed by atoms with Gasteiger partial charge in [0, 0.05) is 36.2 Å². The smallest absolute Gasteiger partial charge is 0.326 e. The van der Waals surface area contributed by atoms with Gasteiger partial charge in [-0.25, -0.2) is 9.78 Å². The summed E-state index contributed by atoms with van der Waals surface area (Å²) in [5.41, 5.74) is 6.81. The molecule has 3 amide bonds. The third kappa shape index (κ3) is 8.81. The van der Waals surface area contributed by atoms with E-state index in [2.05, 4.69) is 51.2 Å². The summed E-state index contributed by atoms with van der Waals surface area (Å²) in [7, 11) is 0. The van der Waals surface area contributed by atoms with E-state index in [0.717, 1.165) is 0 Å². The fraction of sp³-hybridized carbons (Fsp3) is 0.381. The van der Waals surface area contributed by atoms with Gasteiger partial charge in [-0.3, -0.25) is 14.4 Å². The number of imidazole rings is 1. The quantitative estimate of drug-likeness (QED) is 0.143. The zero-order valence-corrected chi connectivity index (χ0v) is 20.3. The van der Waals surface area contributed by atoms with Crippen LogP contribution in [0.15, 0.2) is 36.8 Å². The molecular weight excluding hydrogens is 496 g/mol. The molecule has 0 saturated heterocycles. The molecule has 1 aromatic heterocycles. The molecule has 8 N–H and O–H groups in total. The number of phenols is 1. The molecule has 4 unspecified atom stereocenters. The lowest BCUT2D eigenvalue weighted by Crippen LogP contribution is -2.58. The number of carboxylic acids is 1. The number of carbonyl (C=O) groups is 4. The third-order valence-corrected chi connectivity index (χ3v) is 5.71. The number of nitrogens with one attached hydrogen (secondary N) is 4. The second-order valence-electron chi connectivity index (χ2n) is 7.64. The highest BCUT2D eigenvalue weighted by Crippen LogP contribution is 2.12. The van der Waals surface area contributed by atoms with Crippen LogP contribution in [0.1, 0.15) is 11.3 Å². The van der Waals surface area contributed by atoms with Crippen molar-refractivity contribution < 1.29 is 29.4 Å². The molecule has 0 spiro atoms. The van der Waals surface area contributed by atoms with Crippen molar-refractivity contribution in [1.82, 2.24) is 25.9 Å². The maximum absolute atomic E-state index is 13.0. The van der Waals surface area contributed by atoms with Gasteiger partial charge in [0.25, 0.3) is 0 Å². The number of amides is 3. The summed E-state index contributed by atoms with van der Waals surface area (Å²) in [6.45, 7) is 0. The number of carbonyl (C=O) groups excluding carboxylic acids is 3. The number of carboxylic acid groups (broad SMARTS) is 1. The minimum atomic E-state index is -1.29. The van der Waals surface area contributed by atoms with Crippen molar-refractivity contribution in [3.8, 4) is 5.75 Å². The predicted molar refractivity (Wildman–Crippen MR) is 133 cm³/mol. The van der Waals surface area contributed by atoms with E-state index in [-0.39, 0.29) is 30.1 Å². The van der Waals surface area contributed by atoms with Crippen molar-refractivity contribution >= 4 is 48.9 Å². The molecule has 12 nitrogen and oxygen atoms in total. The van der Waals surface area contributed by atoms with Crippen LogP contribution in [0.4, 0.5) is 0 Å². The fourth-order valence-electron chi connectivity index (χ4n) is 2.99. The molecule has 190 valence electrons. The van der Waals surface area contributed by atoms with E-state index in [1.54, 1.807) is 0 Å². The van der Waals surface area contributed by atoms with E-state index in [4.69, 9.17) is 5.73 Å². The maximum atomic E-state index is 13.0. The van der Waals surface area contributed by atoms with Crippen LogP contribution in [0.5, 0.6) is 5.75 Å². The van der Waals surface area contributed by atoms with Gasteiger partial charge in [0.15, 0.2) is 0 Å². The molecule has 0 aliphatic heterocycles. The Morgan fingerprint density at radius 1 is 0.914 bits per heavy atom. The Morgan fingerprint density at radius 2 is 1.51 bits per heavy atom. The molecule has 4 atom stereocenters. The van der Waals surface area contributed by atoms with Crippen LogP contribution >= 0.6 is 25.3 Å². The fourth-order valence-corrected chi connectivity index (χ4v) is 3.42. The Bertz CT molecular complexity index is 1000. The highest BCUT2D eigenvalue weighted by Gasteiger charge is 2.30. The second kappa shape index (κ2) is 13.6. The first kappa shape index (κ1) is 28.0. The number of benzene rings is 1. The minimum absolute atomic E-state index is 0.0228. The van der Waals surface area contributed by atoms with Gasteiger partial charge in [0.1, 0.15) is 23.9 Å². The second-order valence-corrected chi connectivity index (χ2v) is 8.38. The third-order valence-electron chi connectivity index (χ3n) is 4.95. The highest BCUT2D eigenvalue weighted by atomic mass is 32.1. The minimum Gasteiger partial charge on any atom is -0.508 e. The average molecular weight is 525 g/mol. The monoisotopic (exact) mass is 524 g/mol. The Labute approximate surface area is 212 Å². The summed E-state index contributed by atoms with van der Waals surface area (Å²) in [4.78, 5) is 56.4. The van der Waals surface area contributed by atoms with Crippen molar-refractivity contribution in [2.45, 2.75) is 37.0 Å². The Kier molecular flexibility index (Phi) is 10.9. The first-order valence-electron chi connectivity index (χ1n) is 10.5. The number of aromatic amines is 1. The molecule has 0 saturated carbocycles. The normalized spacial score (nSPS) is 14.3. The Hall–Kier alpha value is -3.23. The molecule has 14 heteroatoms. The maximum Gasteiger partial charge on any atom is 0.326 e. The van der Waals surface area contributed by atoms with Gasteiger partial charge in [-0.1, -0.05) is 12.1 Å². The lowest BCUT2D eigenvalue weighted by atomic mass is 10.1. The van der Waals surface area contributed by atoms with Crippen LogP contribution in [0.3, 0.4) is 0 Å². The molecule has 0 radical (unpaired) electrons. The van der Waals surface area contributed by atoms with Gasteiger partial charge in [-0.15, -0.1) is 0 Å². The average Bonchev–Trinajstić information content (AvgIpc) is 3.35. The first-order valence-corrected chi connectivity index (χ1v) is 11.8. The van der Waals surface area contributed by atoms with E-state index in [1.807, 2.05) is 0 Å². The van der Waals surface area contributed by atoms with Crippen molar-refractivity contribution in [1.29, 1.82) is 0 Å². The van der Waals surface area contributed by atoms with Gasteiger partial charge in [0.2, 0.25) is 17.7 Å². The van der Waals surface area contributed by atoms with Gasteiger partial charge in [-0.2, -0.15) is 25.3 Å². The van der Waals surface area contributed by atoms with Crippen LogP contribution in [0, 0.1) is 0 Å². The number of rotatable bonds is 13. The van der Waals surface area contributed by atoms with Gasteiger partial charge >= 0.3 is 5.97 Å². The van der Waals surface area contributed by atoms with Crippen molar-refractivity contribution in [3.63, 3.8) is 0 Å². The number of hydrogen-bond acceptors (Lipinski definition) is 9. The number of aromatic hydroxyl groups is 1. The molecule has 2 rings (SSSR count). The molecule has 2 aromatic rings. The molecule has 0 aliphatic carbocycles. The number of aromatic nitrogens is 2. The molecule has 1 heterocycles. The summed E-state index contributed by atoms with van der Waals surface area (Å²) in [5.74, 6) is -3.40. The zero-order chi connectivity index (χ0) is 26.0. The molecular formula is C21H28N6O6S2. The van der Waals surface area contributed by atoms with Gasteiger partial charge < -0.3 is 36.9 Å². The number of nitrogens with two attached hydrogens (primary N) is 1. The van der Waals surface area contributed by atoms with Gasteiger partial charge in [0.05, 0.1) is 12.4 Å². The van der Waals surface area contributed by atoms with E-state index in [0.29, 0.717) is 11.3 Å². The largest absolute Gasteiger partial charge is 0.508 e. The van der Waals surface area contributed by atoms with E-state index < -0.39 is 47.9 Å². The predicted octanol–water partition coefficient (Wildman–Crippen LogP) is -1.37. The number of nitrogens with zero attached hydrogens (tertiary/aromatic N) is 1. The standard InChI is InChI=1S/C21H28N6O6S2/c22-14(8-34)18(29)25-15(6-12-7-23-10-24-12)19(30)27-17(9-35)20(31)26-16(21(32)33)5-11-1-3-13(28)4-2-11/h1-4,7,10,14-17,28,34-35H,5-6,8-9,22H2,(H,23,24)(H,25,29)(H,26,31)(H,27,30)(H,32,33). The van der Waals surface area contributed by atoms with Crippen LogP contribution in [0.25, 0.3) is 0 Å². The van der Waals surface area contributed by atoms with Gasteiger partial charge in [-0.05, 0) is 17.7 Å². The first-order chi connectivity index (χ1) is 16.6. The molecule has 0 bridgehead atoms. The molecule has 0 aliphatic rings. The molecule has 1 aromatic carbocycles. The number of phenolic OH excluding ortho intramolecular Hbond substituents is 1. The summed E-state index contributed by atoms with van der Waals surface area (Å²) in [6.07, 6.45) is 2.88. The van der Waals surface area contributed by atoms with Crippen LogP contribution < -0.4 is 21.7 Å². The topological polar surface area (TPSA) is 200 Å². The van der Waals surface area contributed by atoms with E-state index >= 15 is 0 Å².